The molecule has 1 saturated heterocycles. The van der Waals surface area contributed by atoms with Crippen LogP contribution in [0.3, 0.4) is 0 Å². The molecule has 170 valence electrons. The van der Waals surface area contributed by atoms with Crippen LogP contribution in [0.2, 0.25) is 0 Å². The number of amides is 2. The van der Waals surface area contributed by atoms with Crippen LogP contribution in [0.25, 0.3) is 0 Å². The number of carbonyl (C=O) groups is 2. The number of nitrogens with one attached hydrogen (secondary N) is 1. The van der Waals surface area contributed by atoms with Crippen LogP contribution < -0.4 is 9.62 Å². The number of thioether (sulfide) groups is 1. The predicted molar refractivity (Wildman–Crippen MR) is 131 cm³/mol. The van der Waals surface area contributed by atoms with E-state index in [0.29, 0.717) is 28.6 Å². The number of carbonyl (C=O) groups excluding carboxylic acids is 2. The number of hydrogen-bond acceptors (Lipinski definition) is 5. The van der Waals surface area contributed by atoms with Gasteiger partial charge >= 0.3 is 0 Å². The second-order valence-corrected chi connectivity index (χ2v) is 10.5. The Morgan fingerprint density at radius 2 is 1.64 bits per heavy atom. The summed E-state index contributed by atoms with van der Waals surface area (Å²) in [5.74, 6) is 0.332. The first-order chi connectivity index (χ1) is 15.9. The molecule has 0 spiro atoms. The van der Waals surface area contributed by atoms with E-state index >= 15 is 0 Å². The molecule has 1 atom stereocenters. The van der Waals surface area contributed by atoms with Gasteiger partial charge in [0, 0.05) is 24.1 Å². The summed E-state index contributed by atoms with van der Waals surface area (Å²) in [6, 6.07) is 23.1. The molecule has 1 aliphatic heterocycles. The SMILES string of the molecule is CN(c1ccccc1)S(=O)(=O)c1cccc(NC(=O)[C@@H]2CSCN2C(=O)c2ccccc2)c1. The first-order valence-corrected chi connectivity index (χ1v) is 12.9. The lowest BCUT2D eigenvalue weighted by atomic mass is 10.1. The minimum atomic E-state index is -3.82. The lowest BCUT2D eigenvalue weighted by Gasteiger charge is -2.23. The van der Waals surface area contributed by atoms with Crippen LogP contribution in [0, 0.1) is 0 Å². The lowest BCUT2D eigenvalue weighted by Crippen LogP contribution is -2.44. The highest BCUT2D eigenvalue weighted by Gasteiger charge is 2.35. The summed E-state index contributed by atoms with van der Waals surface area (Å²) < 4.78 is 27.4. The fourth-order valence-electron chi connectivity index (χ4n) is 3.50. The highest BCUT2D eigenvalue weighted by Crippen LogP contribution is 2.26. The molecule has 0 saturated carbocycles. The van der Waals surface area contributed by atoms with Crippen LogP contribution in [-0.2, 0) is 14.8 Å². The lowest BCUT2D eigenvalue weighted by molar-refractivity contribution is -0.119. The maximum atomic E-state index is 13.1. The number of benzene rings is 3. The van der Waals surface area contributed by atoms with Crippen LogP contribution in [0.1, 0.15) is 10.4 Å². The second-order valence-electron chi connectivity index (χ2n) is 7.48. The highest BCUT2D eigenvalue weighted by atomic mass is 32.2. The van der Waals surface area contributed by atoms with Crippen LogP contribution in [0.15, 0.2) is 89.8 Å². The number of nitrogens with zero attached hydrogens (tertiary/aromatic N) is 2. The van der Waals surface area contributed by atoms with Crippen LogP contribution in [0.5, 0.6) is 0 Å². The molecule has 3 aromatic carbocycles. The number of sulfonamides is 1. The van der Waals surface area contributed by atoms with Gasteiger partial charge in [-0.15, -0.1) is 11.8 Å². The first-order valence-electron chi connectivity index (χ1n) is 10.3. The molecular weight excluding hydrogens is 458 g/mol. The Morgan fingerprint density at radius 3 is 2.33 bits per heavy atom. The minimum Gasteiger partial charge on any atom is -0.324 e. The van der Waals surface area contributed by atoms with Gasteiger partial charge in [0.25, 0.3) is 15.9 Å². The van der Waals surface area contributed by atoms with Crippen molar-refractivity contribution in [2.24, 2.45) is 0 Å². The van der Waals surface area contributed by atoms with E-state index in [1.54, 1.807) is 65.6 Å². The quantitative estimate of drug-likeness (QED) is 0.581. The molecule has 0 aromatic heterocycles. The number of para-hydroxylation sites is 1. The largest absolute Gasteiger partial charge is 0.324 e. The van der Waals surface area contributed by atoms with Crippen molar-refractivity contribution in [3.05, 3.63) is 90.5 Å². The molecule has 1 fully saturated rings. The third-order valence-corrected chi connectivity index (χ3v) is 8.14. The number of anilines is 2. The zero-order chi connectivity index (χ0) is 23.4. The summed E-state index contributed by atoms with van der Waals surface area (Å²) in [5, 5.41) is 2.78. The highest BCUT2D eigenvalue weighted by molar-refractivity contribution is 7.99. The van der Waals surface area contributed by atoms with Gasteiger partial charge in [0.2, 0.25) is 5.91 Å². The Morgan fingerprint density at radius 1 is 0.970 bits per heavy atom. The maximum absolute atomic E-state index is 13.1. The van der Waals surface area contributed by atoms with Gasteiger partial charge in [-0.25, -0.2) is 8.42 Å². The summed E-state index contributed by atoms with van der Waals surface area (Å²) in [6.45, 7) is 0. The minimum absolute atomic E-state index is 0.0599. The Kier molecular flexibility index (Phi) is 6.71. The third-order valence-electron chi connectivity index (χ3n) is 5.35. The van der Waals surface area contributed by atoms with Crippen molar-refractivity contribution < 1.29 is 18.0 Å². The zero-order valence-electron chi connectivity index (χ0n) is 17.9. The molecule has 9 heteroatoms. The summed E-state index contributed by atoms with van der Waals surface area (Å²) in [7, 11) is -2.33. The molecule has 1 N–H and O–H groups in total. The normalized spacial score (nSPS) is 15.8. The number of hydrogen-bond donors (Lipinski definition) is 1. The predicted octanol–water partition coefficient (Wildman–Crippen LogP) is 3.67. The van der Waals surface area contributed by atoms with Crippen molar-refractivity contribution in [1.29, 1.82) is 0 Å². The van der Waals surface area contributed by atoms with Gasteiger partial charge in [-0.05, 0) is 42.5 Å². The monoisotopic (exact) mass is 481 g/mol. The fraction of sp³-hybridized carbons (Fsp3) is 0.167. The molecule has 0 bridgehead atoms. The van der Waals surface area contributed by atoms with Gasteiger partial charge in [-0.1, -0.05) is 42.5 Å². The molecule has 0 aliphatic carbocycles. The van der Waals surface area contributed by atoms with E-state index in [9.17, 15) is 18.0 Å². The Balaban J connectivity index is 1.51. The third kappa shape index (κ3) is 4.89. The van der Waals surface area contributed by atoms with Crippen LogP contribution in [0.4, 0.5) is 11.4 Å². The molecule has 33 heavy (non-hydrogen) atoms. The van der Waals surface area contributed by atoms with Gasteiger partial charge in [-0.3, -0.25) is 13.9 Å². The van der Waals surface area contributed by atoms with Gasteiger partial charge in [0.1, 0.15) is 6.04 Å². The van der Waals surface area contributed by atoms with E-state index in [-0.39, 0.29) is 16.7 Å². The van der Waals surface area contributed by atoms with E-state index in [2.05, 4.69) is 5.32 Å². The first kappa shape index (κ1) is 22.9. The van der Waals surface area contributed by atoms with Crippen LogP contribution in [-0.4, -0.2) is 49.9 Å². The Hall–Kier alpha value is -3.30. The van der Waals surface area contributed by atoms with E-state index in [4.69, 9.17) is 0 Å². The average molecular weight is 482 g/mol. The second kappa shape index (κ2) is 9.68. The topological polar surface area (TPSA) is 86.8 Å². The maximum Gasteiger partial charge on any atom is 0.264 e. The van der Waals surface area contributed by atoms with E-state index in [0.717, 1.165) is 0 Å². The van der Waals surface area contributed by atoms with Crippen LogP contribution >= 0.6 is 11.8 Å². The van der Waals surface area contributed by atoms with E-state index in [1.165, 1.54) is 35.2 Å². The van der Waals surface area contributed by atoms with Crippen molar-refractivity contribution in [3.63, 3.8) is 0 Å². The molecule has 7 nitrogen and oxygen atoms in total. The number of rotatable bonds is 6. The summed E-state index contributed by atoms with van der Waals surface area (Å²) in [5.41, 5.74) is 1.41. The zero-order valence-corrected chi connectivity index (χ0v) is 19.6. The average Bonchev–Trinajstić information content (AvgIpc) is 3.34. The summed E-state index contributed by atoms with van der Waals surface area (Å²) >= 11 is 1.50. The molecule has 0 radical (unpaired) electrons. The molecule has 1 aliphatic rings. The molecular formula is C24H23N3O4S2. The summed E-state index contributed by atoms with van der Waals surface area (Å²) in [4.78, 5) is 27.5. The molecule has 0 unspecified atom stereocenters. The molecule has 4 rings (SSSR count). The molecule has 3 aromatic rings. The molecule has 1 heterocycles. The van der Waals surface area contributed by atoms with Crippen molar-refractivity contribution in [2.75, 3.05) is 28.3 Å². The van der Waals surface area contributed by atoms with Crippen molar-refractivity contribution in [2.45, 2.75) is 10.9 Å². The van der Waals surface area contributed by atoms with Crippen molar-refractivity contribution >= 4 is 45.0 Å². The fourth-order valence-corrected chi connectivity index (χ4v) is 5.90. The summed E-state index contributed by atoms with van der Waals surface area (Å²) in [6.07, 6.45) is 0. The van der Waals surface area contributed by atoms with Gasteiger partial charge < -0.3 is 10.2 Å². The smallest absolute Gasteiger partial charge is 0.264 e. The Labute approximate surface area is 197 Å². The Bertz CT molecular complexity index is 1250. The van der Waals surface area contributed by atoms with Gasteiger partial charge in [0.05, 0.1) is 16.5 Å². The molecule has 2 amide bonds. The van der Waals surface area contributed by atoms with Gasteiger partial charge in [-0.2, -0.15) is 0 Å². The van der Waals surface area contributed by atoms with Crippen molar-refractivity contribution in [3.8, 4) is 0 Å². The van der Waals surface area contributed by atoms with Gasteiger partial charge in [0.15, 0.2) is 0 Å². The standard InChI is InChI=1S/C24H23N3O4S2/c1-26(20-12-6-3-7-13-20)33(30,31)21-14-8-11-19(15-21)25-23(28)22-16-32-17-27(22)24(29)18-9-4-2-5-10-18/h2-15,22H,16-17H2,1H3,(H,25,28)/t22-/m0/s1. The van der Waals surface area contributed by atoms with Crippen molar-refractivity contribution in [1.82, 2.24) is 4.90 Å². The van der Waals surface area contributed by atoms with E-state index < -0.39 is 16.1 Å². The van der Waals surface area contributed by atoms with E-state index in [1.807, 2.05) is 12.1 Å².